The second-order valence-electron chi connectivity index (χ2n) is 10.9. The third-order valence-corrected chi connectivity index (χ3v) is 11.3. The molecule has 2 atom stereocenters. The highest BCUT2D eigenvalue weighted by atomic mass is 32.2. The number of carboxylic acid groups (broad SMARTS) is 1. The lowest BCUT2D eigenvalue weighted by atomic mass is 9.91. The van der Waals surface area contributed by atoms with Crippen LogP contribution in [0, 0.1) is 11.3 Å². The molecular weight excluding hydrogens is 613 g/mol. The second-order valence-corrected chi connectivity index (χ2v) is 13.9. The fourth-order valence-corrected chi connectivity index (χ4v) is 8.73. The smallest absolute Gasteiger partial charge is 0.352 e. The molecule has 13 nitrogen and oxygen atoms in total. The van der Waals surface area contributed by atoms with Crippen molar-refractivity contribution in [3.63, 3.8) is 0 Å². The van der Waals surface area contributed by atoms with Crippen LogP contribution in [0.1, 0.15) is 64.2 Å². The molecule has 1 aromatic heterocycles. The minimum absolute atomic E-state index is 0.0153. The third-order valence-electron chi connectivity index (χ3n) is 8.00. The van der Waals surface area contributed by atoms with Gasteiger partial charge in [-0.2, -0.15) is 5.26 Å². The Bertz CT molecular complexity index is 1200. The van der Waals surface area contributed by atoms with Gasteiger partial charge in [0.1, 0.15) is 11.1 Å². The van der Waals surface area contributed by atoms with Gasteiger partial charge in [-0.05, 0) is 41.7 Å². The molecule has 0 radical (unpaired) electrons. The van der Waals surface area contributed by atoms with E-state index in [2.05, 4.69) is 26.2 Å². The summed E-state index contributed by atoms with van der Waals surface area (Å²) in [5, 5.41) is 35.7. The Morgan fingerprint density at radius 2 is 1.81 bits per heavy atom. The van der Waals surface area contributed by atoms with Crippen LogP contribution in [0.25, 0.3) is 0 Å². The maximum atomic E-state index is 12.9. The number of rotatable bonds is 11. The minimum atomic E-state index is -1.64. The molecule has 2 aliphatic carbocycles. The van der Waals surface area contributed by atoms with E-state index in [1.807, 2.05) is 6.07 Å². The van der Waals surface area contributed by atoms with Gasteiger partial charge in [0, 0.05) is 37.7 Å². The SMILES string of the molecule is C1CCC(NC2CCCCC2)CC1.CO[C@@]1(NC(=O)CSCC#N)C(=O)N2C(C(=O)O)=C(CSc3nnnn3C)CS[C@@H]21. The number of amides is 2. The Balaban J connectivity index is 0.000000269. The molecule has 0 bridgehead atoms. The van der Waals surface area contributed by atoms with E-state index in [0.717, 1.165) is 28.7 Å². The van der Waals surface area contributed by atoms with Crippen LogP contribution < -0.4 is 10.6 Å². The van der Waals surface area contributed by atoms with Gasteiger partial charge in [0.15, 0.2) is 0 Å². The number of tetrazole rings is 1. The van der Waals surface area contributed by atoms with Gasteiger partial charge in [0.25, 0.3) is 11.6 Å². The first-order chi connectivity index (χ1) is 20.8. The number of carbonyl (C=O) groups is 3. The minimum Gasteiger partial charge on any atom is -0.477 e. The number of nitriles is 1. The predicted octanol–water partition coefficient (Wildman–Crippen LogP) is 2.51. The number of hydrogen-bond acceptors (Lipinski definition) is 12. The Hall–Kier alpha value is -2.32. The molecule has 43 heavy (non-hydrogen) atoms. The maximum absolute atomic E-state index is 12.9. The van der Waals surface area contributed by atoms with Crippen molar-refractivity contribution in [1.29, 1.82) is 5.26 Å². The van der Waals surface area contributed by atoms with Crippen molar-refractivity contribution < 1.29 is 24.2 Å². The summed E-state index contributed by atoms with van der Waals surface area (Å²) in [5.41, 5.74) is -1.21. The number of nitrogens with one attached hydrogen (secondary N) is 2. The van der Waals surface area contributed by atoms with Gasteiger partial charge in [-0.3, -0.25) is 14.5 Å². The maximum Gasteiger partial charge on any atom is 0.352 e. The molecule has 236 valence electrons. The number of aromatic nitrogens is 4. The molecule has 5 rings (SSSR count). The molecule has 1 saturated heterocycles. The van der Waals surface area contributed by atoms with E-state index in [1.54, 1.807) is 7.05 Å². The van der Waals surface area contributed by atoms with E-state index in [4.69, 9.17) is 10.00 Å². The highest BCUT2D eigenvalue weighted by Crippen LogP contribution is 2.47. The van der Waals surface area contributed by atoms with Crippen LogP contribution >= 0.6 is 35.3 Å². The van der Waals surface area contributed by atoms with Crippen LogP contribution in [0.2, 0.25) is 0 Å². The summed E-state index contributed by atoms with van der Waals surface area (Å²) in [6, 6.07) is 3.66. The average molecular weight is 653 g/mol. The van der Waals surface area contributed by atoms with Gasteiger partial charge < -0.3 is 20.5 Å². The first-order valence-electron chi connectivity index (χ1n) is 14.6. The molecule has 1 aromatic rings. The Kier molecular flexibility index (Phi) is 12.6. The summed E-state index contributed by atoms with van der Waals surface area (Å²) in [6.07, 6.45) is 14.6. The topological polar surface area (TPSA) is 175 Å². The van der Waals surface area contributed by atoms with Crippen molar-refractivity contribution in [1.82, 2.24) is 35.7 Å². The third kappa shape index (κ3) is 8.24. The first-order valence-corrected chi connectivity index (χ1v) is 17.8. The van der Waals surface area contributed by atoms with Crippen LogP contribution in [-0.2, 0) is 26.2 Å². The van der Waals surface area contributed by atoms with Gasteiger partial charge in [-0.1, -0.05) is 50.3 Å². The highest BCUT2D eigenvalue weighted by Gasteiger charge is 2.66. The quantitative estimate of drug-likeness (QED) is 0.138. The molecule has 0 unspecified atom stereocenters. The number of thioether (sulfide) groups is 3. The molecule has 3 N–H and O–H groups in total. The fourth-order valence-electron chi connectivity index (χ4n) is 5.85. The molecule has 0 aromatic carbocycles. The van der Waals surface area contributed by atoms with Crippen molar-refractivity contribution in [3.8, 4) is 6.07 Å². The van der Waals surface area contributed by atoms with Gasteiger partial charge in [0.05, 0.1) is 17.6 Å². The number of aliphatic carboxylic acids is 1. The summed E-state index contributed by atoms with van der Waals surface area (Å²) in [7, 11) is 2.96. The Labute approximate surface area is 264 Å². The summed E-state index contributed by atoms with van der Waals surface area (Å²) in [5.74, 6) is -1.61. The van der Waals surface area contributed by atoms with Crippen LogP contribution in [-0.4, -0.2) is 101 Å². The predicted molar refractivity (Wildman–Crippen MR) is 165 cm³/mol. The zero-order chi connectivity index (χ0) is 30.8. The fraction of sp³-hybridized carbons (Fsp3) is 0.741. The van der Waals surface area contributed by atoms with Gasteiger partial charge in [0.2, 0.25) is 11.1 Å². The van der Waals surface area contributed by atoms with Crippen molar-refractivity contribution in [2.24, 2.45) is 7.05 Å². The molecule has 2 aliphatic heterocycles. The molecule has 0 spiro atoms. The van der Waals surface area contributed by atoms with E-state index >= 15 is 0 Å². The molecule has 2 saturated carbocycles. The summed E-state index contributed by atoms with van der Waals surface area (Å²) in [4.78, 5) is 38.2. The summed E-state index contributed by atoms with van der Waals surface area (Å²) in [6.45, 7) is 0. The van der Waals surface area contributed by atoms with Gasteiger partial charge in [-0.25, -0.2) is 9.48 Å². The Morgan fingerprint density at radius 3 is 2.35 bits per heavy atom. The standard InChI is InChI=1S/C15H17N7O5S3.C12H23N/c1-21-14(18-19-20-21)30-6-8-5-29-13-15(27-2,17-9(23)7-28-4-3-16)12(26)22(13)10(8)11(24)25;1-3-7-11(8-4-1)13-12-9-5-2-6-10-12/h13H,4-7H2,1-2H3,(H,17,23)(H,24,25);11-13H,1-10H2/t13-,15+;/m1./s1. The lowest BCUT2D eigenvalue weighted by molar-refractivity contribution is -0.192. The van der Waals surface area contributed by atoms with Crippen molar-refractivity contribution in [3.05, 3.63) is 11.3 Å². The molecule has 16 heteroatoms. The highest BCUT2D eigenvalue weighted by molar-refractivity contribution is 8.01. The van der Waals surface area contributed by atoms with Gasteiger partial charge in [-0.15, -0.1) is 28.6 Å². The molecule has 3 heterocycles. The number of methoxy groups -OCH3 is 1. The number of carbonyl (C=O) groups excluding carboxylic acids is 2. The van der Waals surface area contributed by atoms with E-state index in [-0.39, 0.29) is 23.0 Å². The van der Waals surface area contributed by atoms with E-state index < -0.39 is 28.9 Å². The van der Waals surface area contributed by atoms with Crippen LogP contribution in [0.15, 0.2) is 16.4 Å². The molecule has 3 fully saturated rings. The lowest BCUT2D eigenvalue weighted by Crippen LogP contribution is -2.80. The number of hydrogen-bond donors (Lipinski definition) is 3. The number of carboxylic acids is 1. The van der Waals surface area contributed by atoms with Gasteiger partial charge >= 0.3 is 5.97 Å². The second kappa shape index (κ2) is 16.1. The normalized spacial score (nSPS) is 24.3. The van der Waals surface area contributed by atoms with Crippen LogP contribution in [0.5, 0.6) is 0 Å². The number of aryl methyl sites for hydroxylation is 1. The van der Waals surface area contributed by atoms with Crippen molar-refractivity contribution >= 4 is 53.1 Å². The number of nitrogens with zero attached hydrogens (tertiary/aromatic N) is 6. The number of β-lactam (4-membered cyclic amide) rings is 1. The first kappa shape index (κ1) is 33.6. The molecular formula is C27H40N8O5S3. The van der Waals surface area contributed by atoms with Crippen molar-refractivity contribution in [2.45, 2.75) is 92.5 Å². The summed E-state index contributed by atoms with van der Waals surface area (Å²) >= 11 is 3.67. The lowest BCUT2D eigenvalue weighted by Gasteiger charge is -2.55. The van der Waals surface area contributed by atoms with E-state index in [1.165, 1.54) is 99.5 Å². The molecule has 2 amide bonds. The van der Waals surface area contributed by atoms with Crippen LogP contribution in [0.4, 0.5) is 0 Å². The summed E-state index contributed by atoms with van der Waals surface area (Å²) < 4.78 is 6.83. The number of fused-ring (bicyclic) bond motifs is 1. The largest absolute Gasteiger partial charge is 0.477 e. The van der Waals surface area contributed by atoms with E-state index in [0.29, 0.717) is 16.5 Å². The number of ether oxygens (including phenoxy) is 1. The van der Waals surface area contributed by atoms with E-state index in [9.17, 15) is 19.5 Å². The zero-order valence-electron chi connectivity index (χ0n) is 24.6. The molecule has 4 aliphatic rings. The zero-order valence-corrected chi connectivity index (χ0v) is 27.1. The van der Waals surface area contributed by atoms with Crippen molar-refractivity contribution in [2.75, 3.05) is 30.1 Å². The average Bonchev–Trinajstić information content (AvgIpc) is 3.43. The van der Waals surface area contributed by atoms with Crippen LogP contribution in [0.3, 0.4) is 0 Å². The Morgan fingerprint density at radius 1 is 1.16 bits per heavy atom. The monoisotopic (exact) mass is 652 g/mol.